The number of rotatable bonds is 5. The fourth-order valence-corrected chi connectivity index (χ4v) is 3.83. The number of aryl methyl sites for hydroxylation is 1. The minimum Gasteiger partial charge on any atom is -0.467 e. The van der Waals surface area contributed by atoms with Gasteiger partial charge in [0.15, 0.2) is 0 Å². The second kappa shape index (κ2) is 6.38. The summed E-state index contributed by atoms with van der Waals surface area (Å²) in [5.74, 6) is 0.597. The van der Waals surface area contributed by atoms with Gasteiger partial charge in [0.2, 0.25) is 11.8 Å². The zero-order valence-electron chi connectivity index (χ0n) is 14.3. The van der Waals surface area contributed by atoms with E-state index in [4.69, 9.17) is 4.42 Å². The molecule has 0 saturated carbocycles. The van der Waals surface area contributed by atoms with Crippen LogP contribution in [0.4, 0.5) is 0 Å². The summed E-state index contributed by atoms with van der Waals surface area (Å²) in [6, 6.07) is 3.23. The number of furan rings is 1. The van der Waals surface area contributed by atoms with Crippen LogP contribution >= 0.6 is 0 Å². The summed E-state index contributed by atoms with van der Waals surface area (Å²) in [5, 5.41) is 7.40. The van der Waals surface area contributed by atoms with Crippen molar-refractivity contribution in [3.05, 3.63) is 41.1 Å². The van der Waals surface area contributed by atoms with E-state index in [2.05, 4.69) is 10.4 Å². The number of aromatic nitrogens is 2. The molecule has 7 heteroatoms. The van der Waals surface area contributed by atoms with Crippen molar-refractivity contribution in [3.8, 4) is 0 Å². The van der Waals surface area contributed by atoms with Gasteiger partial charge in [-0.2, -0.15) is 5.10 Å². The lowest BCUT2D eigenvalue weighted by Crippen LogP contribution is -2.44. The molecule has 7 nitrogen and oxygen atoms in total. The number of fused-ring (bicyclic) bond motifs is 1. The number of nitrogens with zero attached hydrogens (tertiary/aromatic N) is 3. The molecule has 1 fully saturated rings. The van der Waals surface area contributed by atoms with Gasteiger partial charge < -0.3 is 14.6 Å². The lowest BCUT2D eigenvalue weighted by molar-refractivity contribution is -0.135. The third-order valence-corrected chi connectivity index (χ3v) is 5.07. The van der Waals surface area contributed by atoms with Crippen molar-refractivity contribution in [3.63, 3.8) is 0 Å². The summed E-state index contributed by atoms with van der Waals surface area (Å²) in [6.45, 7) is 0.818. The van der Waals surface area contributed by atoms with Gasteiger partial charge in [0.25, 0.3) is 0 Å². The van der Waals surface area contributed by atoms with Gasteiger partial charge in [-0.3, -0.25) is 14.3 Å². The second-order valence-electron chi connectivity index (χ2n) is 6.78. The molecule has 0 spiro atoms. The lowest BCUT2D eigenvalue weighted by Gasteiger charge is -2.24. The fourth-order valence-electron chi connectivity index (χ4n) is 3.83. The first-order valence-corrected chi connectivity index (χ1v) is 8.76. The number of amides is 2. The third-order valence-electron chi connectivity index (χ3n) is 5.07. The van der Waals surface area contributed by atoms with Crippen LogP contribution in [0.5, 0.6) is 0 Å². The number of hydrogen-bond donors (Lipinski definition) is 1. The van der Waals surface area contributed by atoms with Crippen molar-refractivity contribution in [2.75, 3.05) is 0 Å². The van der Waals surface area contributed by atoms with Crippen molar-refractivity contribution >= 4 is 11.8 Å². The first kappa shape index (κ1) is 15.9. The van der Waals surface area contributed by atoms with Gasteiger partial charge in [-0.1, -0.05) is 0 Å². The van der Waals surface area contributed by atoms with E-state index in [1.165, 1.54) is 11.3 Å². The molecule has 0 bridgehead atoms. The Balaban J connectivity index is 1.58. The molecule has 0 aromatic carbocycles. The molecule has 2 aromatic rings. The predicted octanol–water partition coefficient (Wildman–Crippen LogP) is 1.31. The van der Waals surface area contributed by atoms with Crippen LogP contribution in [-0.4, -0.2) is 32.5 Å². The average molecular weight is 342 g/mol. The monoisotopic (exact) mass is 342 g/mol. The predicted molar refractivity (Wildman–Crippen MR) is 89.4 cm³/mol. The third kappa shape index (κ3) is 3.06. The minimum atomic E-state index is -0.445. The quantitative estimate of drug-likeness (QED) is 0.888. The first-order valence-electron chi connectivity index (χ1n) is 8.76. The Morgan fingerprint density at radius 1 is 1.40 bits per heavy atom. The van der Waals surface area contributed by atoms with Crippen LogP contribution in [0, 0.1) is 0 Å². The summed E-state index contributed by atoms with van der Waals surface area (Å²) in [7, 11) is 1.96. The maximum atomic E-state index is 13.0. The Labute approximate surface area is 146 Å². The summed E-state index contributed by atoms with van der Waals surface area (Å²) in [6.07, 6.45) is 5.76. The van der Waals surface area contributed by atoms with Crippen molar-refractivity contribution in [2.45, 2.75) is 51.2 Å². The van der Waals surface area contributed by atoms with Crippen LogP contribution in [0.25, 0.3) is 0 Å². The number of hydrogen-bond acceptors (Lipinski definition) is 4. The van der Waals surface area contributed by atoms with Gasteiger partial charge in [-0.05, 0) is 43.4 Å². The normalized spacial score (nSPS) is 19.1. The smallest absolute Gasteiger partial charge is 0.245 e. The minimum absolute atomic E-state index is 0.0602. The van der Waals surface area contributed by atoms with Crippen LogP contribution in [-0.2, 0) is 42.6 Å². The highest BCUT2D eigenvalue weighted by Crippen LogP contribution is 2.26. The van der Waals surface area contributed by atoms with E-state index < -0.39 is 6.04 Å². The van der Waals surface area contributed by atoms with Crippen LogP contribution in [0.15, 0.2) is 22.8 Å². The average Bonchev–Trinajstić information content (AvgIpc) is 3.35. The van der Waals surface area contributed by atoms with Gasteiger partial charge in [-0.25, -0.2) is 0 Å². The van der Waals surface area contributed by atoms with E-state index >= 15 is 0 Å². The van der Waals surface area contributed by atoms with Gasteiger partial charge in [0.1, 0.15) is 11.8 Å². The Bertz CT molecular complexity index is 794. The molecule has 2 amide bonds. The molecule has 1 aliphatic carbocycles. The molecule has 0 radical (unpaired) electrons. The van der Waals surface area contributed by atoms with Crippen LogP contribution in [0.3, 0.4) is 0 Å². The SMILES string of the molecule is Cn1nc(CN(Cc2ccco2)C(=O)C2CCC(=O)N2)c2c1CCC2. The second-order valence-corrected chi connectivity index (χ2v) is 6.78. The Morgan fingerprint density at radius 2 is 2.28 bits per heavy atom. The molecule has 2 aliphatic rings. The molecule has 132 valence electrons. The Morgan fingerprint density at radius 3 is 3.00 bits per heavy atom. The maximum Gasteiger partial charge on any atom is 0.245 e. The van der Waals surface area contributed by atoms with E-state index in [1.54, 1.807) is 11.2 Å². The largest absolute Gasteiger partial charge is 0.467 e. The van der Waals surface area contributed by atoms with E-state index in [0.717, 1.165) is 30.7 Å². The highest BCUT2D eigenvalue weighted by molar-refractivity contribution is 5.90. The van der Waals surface area contributed by atoms with Gasteiger partial charge in [0.05, 0.1) is 25.0 Å². The highest BCUT2D eigenvalue weighted by Gasteiger charge is 2.32. The standard InChI is InChI=1S/C18H22N4O3/c1-21-16-6-2-5-13(16)15(20-21)11-22(10-12-4-3-9-25-12)18(24)14-7-8-17(23)19-14/h3-4,9,14H,2,5-8,10-11H2,1H3,(H,19,23). The molecule has 1 saturated heterocycles. The van der Waals surface area contributed by atoms with Gasteiger partial charge >= 0.3 is 0 Å². The van der Waals surface area contributed by atoms with Crippen molar-refractivity contribution in [1.29, 1.82) is 0 Å². The molecule has 1 unspecified atom stereocenters. The molecule has 25 heavy (non-hydrogen) atoms. The summed E-state index contributed by atoms with van der Waals surface area (Å²) < 4.78 is 7.36. The number of carbonyl (C=O) groups is 2. The molecule has 1 atom stereocenters. The molecule has 1 N–H and O–H groups in total. The molecule has 4 rings (SSSR count). The zero-order valence-corrected chi connectivity index (χ0v) is 14.3. The van der Waals surface area contributed by atoms with E-state index in [9.17, 15) is 9.59 Å². The van der Waals surface area contributed by atoms with Crippen molar-refractivity contribution in [1.82, 2.24) is 20.0 Å². The Kier molecular flexibility index (Phi) is 4.07. The van der Waals surface area contributed by atoms with Crippen LogP contribution in [0.2, 0.25) is 0 Å². The highest BCUT2D eigenvalue weighted by atomic mass is 16.3. The molecule has 1 aliphatic heterocycles. The molecule has 2 aromatic heterocycles. The summed E-state index contributed by atoms with van der Waals surface area (Å²) >= 11 is 0. The van der Waals surface area contributed by atoms with Crippen molar-refractivity contribution in [2.24, 2.45) is 7.05 Å². The number of nitrogens with one attached hydrogen (secondary N) is 1. The topological polar surface area (TPSA) is 80.4 Å². The Hall–Kier alpha value is -2.57. The van der Waals surface area contributed by atoms with Crippen LogP contribution < -0.4 is 5.32 Å². The lowest BCUT2D eigenvalue weighted by atomic mass is 10.1. The van der Waals surface area contributed by atoms with Gasteiger partial charge in [0, 0.05) is 19.2 Å². The summed E-state index contributed by atoms with van der Waals surface area (Å²) in [5.41, 5.74) is 3.50. The molecular formula is C18H22N4O3. The van der Waals surface area contributed by atoms with E-state index in [1.807, 2.05) is 23.9 Å². The zero-order chi connectivity index (χ0) is 17.4. The van der Waals surface area contributed by atoms with Crippen molar-refractivity contribution < 1.29 is 14.0 Å². The first-order chi connectivity index (χ1) is 12.1. The van der Waals surface area contributed by atoms with E-state index in [0.29, 0.717) is 25.9 Å². The number of carbonyl (C=O) groups excluding carboxylic acids is 2. The molecular weight excluding hydrogens is 320 g/mol. The van der Waals surface area contributed by atoms with E-state index in [-0.39, 0.29) is 11.8 Å². The summed E-state index contributed by atoms with van der Waals surface area (Å²) in [4.78, 5) is 26.2. The molecule has 3 heterocycles. The maximum absolute atomic E-state index is 13.0. The van der Waals surface area contributed by atoms with Gasteiger partial charge in [-0.15, -0.1) is 0 Å². The van der Waals surface area contributed by atoms with Crippen LogP contribution in [0.1, 0.15) is 42.0 Å². The fraction of sp³-hybridized carbons (Fsp3) is 0.500.